The highest BCUT2D eigenvalue weighted by atomic mass is 16.3. The zero-order valence-corrected chi connectivity index (χ0v) is 18.5. The van der Waals surface area contributed by atoms with Gasteiger partial charge in [0.1, 0.15) is 6.10 Å². The van der Waals surface area contributed by atoms with E-state index in [1.165, 1.54) is 13.1 Å². The van der Waals surface area contributed by atoms with E-state index >= 15 is 0 Å². The van der Waals surface area contributed by atoms with Crippen molar-refractivity contribution in [1.29, 1.82) is 0 Å². The third-order valence-electron chi connectivity index (χ3n) is 6.20. The van der Waals surface area contributed by atoms with Crippen LogP contribution in [0.4, 0.5) is 5.69 Å². The lowest BCUT2D eigenvalue weighted by Gasteiger charge is -2.39. The lowest BCUT2D eigenvalue weighted by molar-refractivity contribution is -0.141. The summed E-state index contributed by atoms with van der Waals surface area (Å²) in [6.45, 7) is 4.65. The summed E-state index contributed by atoms with van der Waals surface area (Å²) in [6.07, 6.45) is 7.60. The molecule has 2 amide bonds. The summed E-state index contributed by atoms with van der Waals surface area (Å²) >= 11 is 0. The van der Waals surface area contributed by atoms with Crippen LogP contribution in [0.15, 0.2) is 30.9 Å². The van der Waals surface area contributed by atoms with Gasteiger partial charge in [0.25, 0.3) is 11.8 Å². The molecule has 0 bridgehead atoms. The number of anilines is 1. The van der Waals surface area contributed by atoms with Gasteiger partial charge in [-0.15, -0.1) is 0 Å². The fourth-order valence-corrected chi connectivity index (χ4v) is 4.41. The molecule has 0 radical (unpaired) electrons. The van der Waals surface area contributed by atoms with Crippen molar-refractivity contribution in [2.24, 2.45) is 18.7 Å². The van der Waals surface area contributed by atoms with Crippen LogP contribution in [0.25, 0.3) is 16.6 Å². The Kier molecular flexibility index (Phi) is 5.88. The standard InChI is InChI=1S/C22H29N7O3/c1-4-14-11-28(22(32)13(2)30)6-5-18(14)26-20-17(21(23)31)9-25-29-12-15(7-19(20)29)16-8-24-27(3)10-16/h7-10,12-14,18,26,30H,4-6,11H2,1-3H3,(H2,23,31)/t13-,14+,18+/m0/s1. The number of hydrogen-bond acceptors (Lipinski definition) is 6. The van der Waals surface area contributed by atoms with E-state index in [9.17, 15) is 14.7 Å². The smallest absolute Gasteiger partial charge is 0.252 e. The molecule has 1 aliphatic rings. The summed E-state index contributed by atoms with van der Waals surface area (Å²) in [5.74, 6) is -0.645. The highest BCUT2D eigenvalue weighted by Crippen LogP contribution is 2.31. The van der Waals surface area contributed by atoms with Crippen LogP contribution < -0.4 is 11.1 Å². The summed E-state index contributed by atoms with van der Waals surface area (Å²) in [4.78, 5) is 26.2. The first kappa shape index (κ1) is 21.8. The van der Waals surface area contributed by atoms with E-state index in [1.54, 1.807) is 20.3 Å². The van der Waals surface area contributed by atoms with Crippen LogP contribution in [-0.2, 0) is 11.8 Å². The minimum absolute atomic E-state index is 0.0408. The molecule has 4 rings (SSSR count). The molecule has 0 unspecified atom stereocenters. The SMILES string of the molecule is CC[C@@H]1CN(C(=O)[C@H](C)O)CC[C@H]1Nc1c(C(N)=O)cnn2cc(-c3cnn(C)c3)cc12. The number of nitrogens with one attached hydrogen (secondary N) is 1. The first-order valence-electron chi connectivity index (χ1n) is 10.8. The molecule has 32 heavy (non-hydrogen) atoms. The van der Waals surface area contributed by atoms with Crippen molar-refractivity contribution < 1.29 is 14.7 Å². The van der Waals surface area contributed by atoms with Crippen molar-refractivity contribution >= 4 is 23.0 Å². The number of hydrogen-bond donors (Lipinski definition) is 3. The second-order valence-electron chi connectivity index (χ2n) is 8.43. The van der Waals surface area contributed by atoms with Gasteiger partial charge in [0.15, 0.2) is 0 Å². The highest BCUT2D eigenvalue weighted by molar-refractivity contribution is 6.02. The predicted octanol–water partition coefficient (Wildman–Crippen LogP) is 1.25. The topological polar surface area (TPSA) is 131 Å². The molecule has 0 aromatic carbocycles. The van der Waals surface area contributed by atoms with Gasteiger partial charge >= 0.3 is 0 Å². The lowest BCUT2D eigenvalue weighted by Crippen LogP contribution is -2.50. The number of amides is 2. The molecular formula is C22H29N7O3. The maximum atomic E-state index is 12.3. The largest absolute Gasteiger partial charge is 0.384 e. The number of fused-ring (bicyclic) bond motifs is 1. The van der Waals surface area contributed by atoms with Gasteiger partial charge in [-0.05, 0) is 31.7 Å². The molecule has 10 nitrogen and oxygen atoms in total. The van der Waals surface area contributed by atoms with Crippen molar-refractivity contribution in [2.75, 3.05) is 18.4 Å². The predicted molar refractivity (Wildman–Crippen MR) is 120 cm³/mol. The lowest BCUT2D eigenvalue weighted by atomic mass is 9.89. The van der Waals surface area contributed by atoms with Gasteiger partial charge in [0.05, 0.1) is 29.2 Å². The molecule has 3 aromatic rings. The summed E-state index contributed by atoms with van der Waals surface area (Å²) in [6, 6.07) is 2.00. The molecule has 0 aliphatic carbocycles. The van der Waals surface area contributed by atoms with Gasteiger partial charge in [-0.1, -0.05) is 6.92 Å². The average Bonchev–Trinajstić information content (AvgIpc) is 3.39. The second-order valence-corrected chi connectivity index (χ2v) is 8.43. The van der Waals surface area contributed by atoms with E-state index < -0.39 is 12.0 Å². The molecule has 10 heteroatoms. The maximum Gasteiger partial charge on any atom is 0.252 e. The van der Waals surface area contributed by atoms with Gasteiger partial charge < -0.3 is 21.1 Å². The Bertz CT molecular complexity index is 1150. The van der Waals surface area contributed by atoms with E-state index in [0.717, 1.165) is 23.1 Å². The van der Waals surface area contributed by atoms with Gasteiger partial charge in [0.2, 0.25) is 0 Å². The number of aromatic nitrogens is 4. The summed E-state index contributed by atoms with van der Waals surface area (Å²) in [5.41, 5.74) is 9.26. The normalized spacial score (nSPS) is 19.8. The van der Waals surface area contributed by atoms with E-state index in [0.29, 0.717) is 30.8 Å². The van der Waals surface area contributed by atoms with Crippen LogP contribution in [0.2, 0.25) is 0 Å². The number of primary amides is 1. The Morgan fingerprint density at radius 3 is 2.69 bits per heavy atom. The van der Waals surface area contributed by atoms with Crippen molar-refractivity contribution in [3.05, 3.63) is 36.4 Å². The highest BCUT2D eigenvalue weighted by Gasteiger charge is 2.32. The number of likely N-dealkylation sites (tertiary alicyclic amines) is 1. The molecule has 3 aromatic heterocycles. The Hall–Kier alpha value is -3.40. The zero-order valence-electron chi connectivity index (χ0n) is 18.5. The number of aryl methyl sites for hydroxylation is 1. The molecule has 1 saturated heterocycles. The van der Waals surface area contributed by atoms with Crippen LogP contribution in [0, 0.1) is 5.92 Å². The summed E-state index contributed by atoms with van der Waals surface area (Å²) in [7, 11) is 1.86. The third-order valence-corrected chi connectivity index (χ3v) is 6.20. The average molecular weight is 440 g/mol. The van der Waals surface area contributed by atoms with Gasteiger partial charge in [0, 0.05) is 49.7 Å². The number of carbonyl (C=O) groups excluding carboxylic acids is 2. The van der Waals surface area contributed by atoms with E-state index in [2.05, 4.69) is 22.4 Å². The molecule has 1 aliphatic heterocycles. The number of piperidine rings is 1. The Labute approximate surface area is 186 Å². The number of carbonyl (C=O) groups is 2. The molecule has 1 fully saturated rings. The van der Waals surface area contributed by atoms with Crippen LogP contribution >= 0.6 is 0 Å². The second kappa shape index (κ2) is 8.62. The monoisotopic (exact) mass is 439 g/mol. The first-order chi connectivity index (χ1) is 15.3. The minimum Gasteiger partial charge on any atom is -0.384 e. The molecule has 4 heterocycles. The molecule has 3 atom stereocenters. The van der Waals surface area contributed by atoms with Crippen molar-refractivity contribution in [3.63, 3.8) is 0 Å². The van der Waals surface area contributed by atoms with Crippen LogP contribution in [0.3, 0.4) is 0 Å². The number of nitrogens with zero attached hydrogens (tertiary/aromatic N) is 5. The molecule has 0 saturated carbocycles. The molecular weight excluding hydrogens is 410 g/mol. The fraction of sp³-hybridized carbons (Fsp3) is 0.455. The summed E-state index contributed by atoms with van der Waals surface area (Å²) in [5, 5.41) is 21.8. The van der Waals surface area contributed by atoms with Gasteiger partial charge in [-0.2, -0.15) is 10.2 Å². The van der Waals surface area contributed by atoms with Crippen LogP contribution in [0.1, 0.15) is 37.0 Å². The van der Waals surface area contributed by atoms with E-state index in [1.807, 2.05) is 25.5 Å². The van der Waals surface area contributed by atoms with Crippen molar-refractivity contribution in [3.8, 4) is 11.1 Å². The third kappa shape index (κ3) is 4.05. The Balaban J connectivity index is 1.68. The number of rotatable bonds is 6. The minimum atomic E-state index is -1.01. The fourth-order valence-electron chi connectivity index (χ4n) is 4.41. The molecule has 4 N–H and O–H groups in total. The Morgan fingerprint density at radius 2 is 2.06 bits per heavy atom. The summed E-state index contributed by atoms with van der Waals surface area (Å²) < 4.78 is 3.46. The first-order valence-corrected chi connectivity index (χ1v) is 10.8. The number of aliphatic hydroxyl groups is 1. The molecule has 0 spiro atoms. The maximum absolute atomic E-state index is 12.3. The van der Waals surface area contributed by atoms with Gasteiger partial charge in [-0.25, -0.2) is 4.52 Å². The van der Waals surface area contributed by atoms with E-state index in [-0.39, 0.29) is 17.9 Å². The van der Waals surface area contributed by atoms with Crippen LogP contribution in [-0.4, -0.2) is 66.5 Å². The Morgan fingerprint density at radius 1 is 1.28 bits per heavy atom. The molecule has 170 valence electrons. The van der Waals surface area contributed by atoms with Crippen LogP contribution in [0.5, 0.6) is 0 Å². The number of nitrogens with two attached hydrogens (primary N) is 1. The zero-order chi connectivity index (χ0) is 23.0. The van der Waals surface area contributed by atoms with Gasteiger partial charge in [-0.3, -0.25) is 14.3 Å². The van der Waals surface area contributed by atoms with E-state index in [4.69, 9.17) is 5.73 Å². The number of aliphatic hydroxyl groups excluding tert-OH is 1. The van der Waals surface area contributed by atoms with Crippen molar-refractivity contribution in [1.82, 2.24) is 24.3 Å². The quantitative estimate of drug-likeness (QED) is 0.530. The van der Waals surface area contributed by atoms with Crippen molar-refractivity contribution in [2.45, 2.75) is 38.8 Å².